The summed E-state index contributed by atoms with van der Waals surface area (Å²) in [6, 6.07) is 14.5. The van der Waals surface area contributed by atoms with Crippen LogP contribution in [0, 0.1) is 5.92 Å². The second kappa shape index (κ2) is 8.03. The summed E-state index contributed by atoms with van der Waals surface area (Å²) in [6.07, 6.45) is 0. The molecule has 0 unspecified atom stereocenters. The summed E-state index contributed by atoms with van der Waals surface area (Å²) < 4.78 is 10.6. The zero-order valence-electron chi connectivity index (χ0n) is 15.6. The van der Waals surface area contributed by atoms with Gasteiger partial charge in [0.2, 0.25) is 0 Å². The van der Waals surface area contributed by atoms with Crippen molar-refractivity contribution in [1.29, 1.82) is 0 Å². The molecule has 6 nitrogen and oxygen atoms in total. The second-order valence-corrected chi connectivity index (χ2v) is 6.79. The molecule has 0 aliphatic heterocycles. The average molecular weight is 366 g/mol. The van der Waals surface area contributed by atoms with Gasteiger partial charge in [-0.05, 0) is 31.0 Å². The largest absolute Gasteiger partial charge is 0.452 e. The van der Waals surface area contributed by atoms with Crippen molar-refractivity contribution >= 4 is 22.8 Å². The molecule has 1 atom stereocenters. The molecule has 0 bridgehead atoms. The van der Waals surface area contributed by atoms with Crippen LogP contribution in [0.25, 0.3) is 22.2 Å². The number of amides is 1. The van der Waals surface area contributed by atoms with Crippen LogP contribution in [-0.4, -0.2) is 29.7 Å². The first-order valence-corrected chi connectivity index (χ1v) is 8.87. The second-order valence-electron chi connectivity index (χ2n) is 6.79. The quantitative estimate of drug-likeness (QED) is 0.671. The van der Waals surface area contributed by atoms with Crippen molar-refractivity contribution in [2.24, 2.45) is 5.92 Å². The van der Waals surface area contributed by atoms with Gasteiger partial charge in [0.1, 0.15) is 5.52 Å². The molecule has 1 aromatic heterocycles. The van der Waals surface area contributed by atoms with E-state index < -0.39 is 5.97 Å². The Labute approximate surface area is 157 Å². The molecule has 0 aliphatic rings. The maximum atomic E-state index is 12.3. The highest BCUT2D eigenvalue weighted by Crippen LogP contribution is 2.29. The standard InChI is InChI=1S/C21H22N2O4/c1-13(2)14(3)22-19(24)12-26-21(25)16-9-10-18-17(11-16)20(27-23-18)15-7-5-4-6-8-15/h4-11,13-14H,12H2,1-3H3,(H,22,24)/t14-/m1/s1. The van der Waals surface area contributed by atoms with E-state index in [2.05, 4.69) is 10.5 Å². The van der Waals surface area contributed by atoms with Crippen LogP contribution in [0.3, 0.4) is 0 Å². The van der Waals surface area contributed by atoms with Crippen LogP contribution in [0.1, 0.15) is 31.1 Å². The molecule has 0 saturated heterocycles. The highest BCUT2D eigenvalue weighted by Gasteiger charge is 2.16. The molecular formula is C21H22N2O4. The summed E-state index contributed by atoms with van der Waals surface area (Å²) >= 11 is 0. The Bertz CT molecular complexity index is 947. The number of esters is 1. The van der Waals surface area contributed by atoms with Crippen LogP contribution in [-0.2, 0) is 9.53 Å². The number of fused-ring (bicyclic) bond motifs is 1. The van der Waals surface area contributed by atoms with E-state index in [1.54, 1.807) is 18.2 Å². The van der Waals surface area contributed by atoms with E-state index in [0.29, 0.717) is 28.1 Å². The summed E-state index contributed by atoms with van der Waals surface area (Å²) in [5.74, 6) is 0.00542. The summed E-state index contributed by atoms with van der Waals surface area (Å²) in [5.41, 5.74) is 1.86. The molecule has 0 fully saturated rings. The number of hydrogen-bond acceptors (Lipinski definition) is 5. The monoisotopic (exact) mass is 366 g/mol. The molecule has 3 aromatic rings. The van der Waals surface area contributed by atoms with E-state index in [0.717, 1.165) is 5.56 Å². The van der Waals surface area contributed by atoms with Gasteiger partial charge >= 0.3 is 5.97 Å². The summed E-state index contributed by atoms with van der Waals surface area (Å²) in [7, 11) is 0. The summed E-state index contributed by atoms with van der Waals surface area (Å²) in [5, 5.41) is 7.54. The number of ether oxygens (including phenoxy) is 1. The molecule has 2 aromatic carbocycles. The van der Waals surface area contributed by atoms with Gasteiger partial charge in [-0.1, -0.05) is 49.3 Å². The van der Waals surface area contributed by atoms with E-state index in [1.165, 1.54) is 0 Å². The van der Waals surface area contributed by atoms with E-state index in [4.69, 9.17) is 9.26 Å². The number of nitrogens with zero attached hydrogens (tertiary/aromatic N) is 1. The molecule has 27 heavy (non-hydrogen) atoms. The SMILES string of the molecule is CC(C)[C@@H](C)NC(=O)COC(=O)c1ccc2noc(-c3ccccc3)c2c1. The fraction of sp³-hybridized carbons (Fsp3) is 0.286. The highest BCUT2D eigenvalue weighted by molar-refractivity contribution is 5.99. The number of carbonyl (C=O) groups excluding carboxylic acids is 2. The predicted octanol–water partition coefficient (Wildman–Crippen LogP) is 3.81. The topological polar surface area (TPSA) is 81.4 Å². The maximum absolute atomic E-state index is 12.3. The molecule has 0 spiro atoms. The fourth-order valence-corrected chi connectivity index (χ4v) is 2.54. The minimum absolute atomic E-state index is 0.0120. The number of hydrogen-bond donors (Lipinski definition) is 1. The predicted molar refractivity (Wildman–Crippen MR) is 102 cm³/mol. The fourth-order valence-electron chi connectivity index (χ4n) is 2.54. The molecule has 0 aliphatic carbocycles. The number of aromatic nitrogens is 1. The first kappa shape index (κ1) is 18.6. The van der Waals surface area contributed by atoms with E-state index in [-0.39, 0.29) is 18.6 Å². The highest BCUT2D eigenvalue weighted by atomic mass is 16.5. The van der Waals surface area contributed by atoms with E-state index in [1.807, 2.05) is 51.1 Å². The molecule has 3 rings (SSSR count). The molecule has 0 radical (unpaired) electrons. The number of nitrogens with one attached hydrogen (secondary N) is 1. The number of rotatable bonds is 6. The van der Waals surface area contributed by atoms with E-state index >= 15 is 0 Å². The van der Waals surface area contributed by atoms with Crippen LogP contribution >= 0.6 is 0 Å². The summed E-state index contributed by atoms with van der Waals surface area (Å²) in [6.45, 7) is 5.61. The van der Waals surface area contributed by atoms with Gasteiger partial charge in [0.25, 0.3) is 5.91 Å². The Kier molecular flexibility index (Phi) is 5.54. The molecule has 0 saturated carbocycles. The van der Waals surface area contributed by atoms with Crippen LogP contribution in [0.2, 0.25) is 0 Å². The van der Waals surface area contributed by atoms with Crippen molar-refractivity contribution in [3.05, 3.63) is 54.1 Å². The molecule has 1 N–H and O–H groups in total. The Morgan fingerprint density at radius 2 is 1.85 bits per heavy atom. The molecule has 1 heterocycles. The molecule has 6 heteroatoms. The van der Waals surface area contributed by atoms with Gasteiger partial charge in [-0.2, -0.15) is 0 Å². The summed E-state index contributed by atoms with van der Waals surface area (Å²) in [4.78, 5) is 24.2. The lowest BCUT2D eigenvalue weighted by molar-refractivity contribution is -0.125. The van der Waals surface area contributed by atoms with Crippen molar-refractivity contribution in [3.8, 4) is 11.3 Å². The van der Waals surface area contributed by atoms with Crippen LogP contribution in [0.4, 0.5) is 0 Å². The van der Waals surface area contributed by atoms with Gasteiger partial charge in [0, 0.05) is 11.6 Å². The third-order valence-electron chi connectivity index (χ3n) is 4.47. The minimum atomic E-state index is -0.565. The Morgan fingerprint density at radius 3 is 2.56 bits per heavy atom. The van der Waals surface area contributed by atoms with Gasteiger partial charge in [-0.15, -0.1) is 0 Å². The maximum Gasteiger partial charge on any atom is 0.338 e. The van der Waals surface area contributed by atoms with E-state index in [9.17, 15) is 9.59 Å². The lowest BCUT2D eigenvalue weighted by Crippen LogP contribution is -2.38. The van der Waals surface area contributed by atoms with Crippen molar-refractivity contribution in [3.63, 3.8) is 0 Å². The van der Waals surface area contributed by atoms with Gasteiger partial charge in [-0.25, -0.2) is 4.79 Å². The first-order valence-electron chi connectivity index (χ1n) is 8.87. The van der Waals surface area contributed by atoms with Crippen LogP contribution < -0.4 is 5.32 Å². The third-order valence-corrected chi connectivity index (χ3v) is 4.47. The van der Waals surface area contributed by atoms with Crippen molar-refractivity contribution in [1.82, 2.24) is 10.5 Å². The van der Waals surface area contributed by atoms with Gasteiger partial charge in [0.15, 0.2) is 12.4 Å². The zero-order valence-corrected chi connectivity index (χ0v) is 15.6. The molecule has 140 valence electrons. The smallest absolute Gasteiger partial charge is 0.338 e. The number of carbonyl (C=O) groups is 2. The Morgan fingerprint density at radius 1 is 1.11 bits per heavy atom. The molecular weight excluding hydrogens is 344 g/mol. The van der Waals surface area contributed by atoms with Gasteiger partial charge in [-0.3, -0.25) is 4.79 Å². The lowest BCUT2D eigenvalue weighted by Gasteiger charge is -2.17. The van der Waals surface area contributed by atoms with Crippen molar-refractivity contribution in [2.75, 3.05) is 6.61 Å². The van der Waals surface area contributed by atoms with Crippen LogP contribution in [0.15, 0.2) is 53.1 Å². The minimum Gasteiger partial charge on any atom is -0.452 e. The first-order chi connectivity index (χ1) is 13.0. The zero-order chi connectivity index (χ0) is 19.4. The third kappa shape index (κ3) is 4.34. The Hall–Kier alpha value is -3.15. The van der Waals surface area contributed by atoms with Gasteiger partial charge in [0.05, 0.1) is 10.9 Å². The van der Waals surface area contributed by atoms with Crippen LogP contribution in [0.5, 0.6) is 0 Å². The van der Waals surface area contributed by atoms with Crippen molar-refractivity contribution in [2.45, 2.75) is 26.8 Å². The van der Waals surface area contributed by atoms with Crippen molar-refractivity contribution < 1.29 is 18.8 Å². The normalized spacial score (nSPS) is 12.1. The Balaban J connectivity index is 1.73. The molecule has 1 amide bonds. The number of benzene rings is 2. The lowest BCUT2D eigenvalue weighted by atomic mass is 10.1. The average Bonchev–Trinajstić information content (AvgIpc) is 3.09. The van der Waals surface area contributed by atoms with Gasteiger partial charge < -0.3 is 14.6 Å².